The van der Waals surface area contributed by atoms with E-state index in [9.17, 15) is 4.79 Å². The predicted molar refractivity (Wildman–Crippen MR) is 92.9 cm³/mol. The monoisotopic (exact) mass is 318 g/mol. The fourth-order valence-electron chi connectivity index (χ4n) is 2.42. The third-order valence-electron chi connectivity index (χ3n) is 3.66. The summed E-state index contributed by atoms with van der Waals surface area (Å²) in [7, 11) is 0. The minimum absolute atomic E-state index is 0.535. The van der Waals surface area contributed by atoms with E-state index in [-0.39, 0.29) is 0 Å². The molecule has 0 saturated carbocycles. The highest BCUT2D eigenvalue weighted by Gasteiger charge is 2.10. The first-order valence-electron chi connectivity index (χ1n) is 7.70. The van der Waals surface area contributed by atoms with E-state index in [1.54, 1.807) is 0 Å². The number of rotatable bonds is 9. The molecule has 0 aliphatic carbocycles. The summed E-state index contributed by atoms with van der Waals surface area (Å²) in [5.41, 5.74) is 0. The van der Waals surface area contributed by atoms with Crippen LogP contribution in [0.2, 0.25) is 0 Å². The molecule has 0 heterocycles. The van der Waals surface area contributed by atoms with Crippen molar-refractivity contribution >= 4 is 29.4 Å². The number of carboxylic acid groups (broad SMARTS) is 1. The Hall–Kier alpha value is -1.68. The molecule has 2 rings (SSSR count). The summed E-state index contributed by atoms with van der Waals surface area (Å²) in [6, 6.07) is 14.3. The average molecular weight is 318 g/mol. The fraction of sp³-hybridized carbons (Fsp3) is 0.389. The number of hydrogen-bond acceptors (Lipinski definition) is 3. The van der Waals surface area contributed by atoms with Crippen molar-refractivity contribution in [1.82, 2.24) is 0 Å². The molecule has 0 saturated heterocycles. The van der Waals surface area contributed by atoms with Crippen molar-refractivity contribution in [2.75, 3.05) is 6.61 Å². The molecule has 1 unspecified atom stereocenters. The lowest BCUT2D eigenvalue weighted by Gasteiger charge is -2.09. The van der Waals surface area contributed by atoms with Crippen LogP contribution in [-0.4, -0.2) is 22.9 Å². The van der Waals surface area contributed by atoms with Crippen molar-refractivity contribution in [2.45, 2.75) is 37.4 Å². The molecule has 0 radical (unpaired) electrons. The van der Waals surface area contributed by atoms with Crippen molar-refractivity contribution in [3.63, 3.8) is 0 Å². The van der Waals surface area contributed by atoms with Gasteiger partial charge in [-0.05, 0) is 24.3 Å². The Labute approximate surface area is 136 Å². The Morgan fingerprint density at radius 1 is 1.05 bits per heavy atom. The van der Waals surface area contributed by atoms with Crippen molar-refractivity contribution in [1.29, 1.82) is 0 Å². The van der Waals surface area contributed by atoms with Gasteiger partial charge in [-0.3, -0.25) is 4.79 Å². The topological polar surface area (TPSA) is 46.5 Å². The van der Waals surface area contributed by atoms with Gasteiger partial charge in [0.25, 0.3) is 0 Å². The summed E-state index contributed by atoms with van der Waals surface area (Å²) in [6.07, 6.45) is 4.57. The summed E-state index contributed by atoms with van der Waals surface area (Å²) < 4.78 is 5.88. The first-order chi connectivity index (χ1) is 10.7. The maximum Gasteiger partial charge on any atom is 0.316 e. The van der Waals surface area contributed by atoms with Gasteiger partial charge in [0.15, 0.2) is 0 Å². The second kappa shape index (κ2) is 8.69. The second-order valence-corrected chi connectivity index (χ2v) is 6.01. The summed E-state index contributed by atoms with van der Waals surface area (Å²) in [6.45, 7) is 0.692. The molecule has 0 aliphatic heterocycles. The maximum absolute atomic E-state index is 10.6. The smallest absolute Gasteiger partial charge is 0.316 e. The van der Waals surface area contributed by atoms with Gasteiger partial charge >= 0.3 is 5.97 Å². The first kappa shape index (κ1) is 16.7. The van der Waals surface area contributed by atoms with E-state index in [0.29, 0.717) is 13.0 Å². The number of thiol groups is 1. The summed E-state index contributed by atoms with van der Waals surface area (Å²) >= 11 is 4.03. The number of aliphatic carboxylic acids is 1. The number of benzene rings is 2. The second-order valence-electron chi connectivity index (χ2n) is 5.38. The highest BCUT2D eigenvalue weighted by molar-refractivity contribution is 7.81. The number of carboxylic acids is 1. The van der Waals surface area contributed by atoms with Gasteiger partial charge in [0.1, 0.15) is 5.75 Å². The van der Waals surface area contributed by atoms with E-state index in [4.69, 9.17) is 9.84 Å². The predicted octanol–water partition coefficient (Wildman–Crippen LogP) is 4.55. The van der Waals surface area contributed by atoms with Crippen LogP contribution in [0.3, 0.4) is 0 Å². The first-order valence-corrected chi connectivity index (χ1v) is 8.21. The van der Waals surface area contributed by atoms with Crippen LogP contribution in [0.1, 0.15) is 32.1 Å². The van der Waals surface area contributed by atoms with Gasteiger partial charge in [0.2, 0.25) is 0 Å². The molecule has 2 aromatic rings. The average Bonchev–Trinajstić information content (AvgIpc) is 2.53. The third kappa shape index (κ3) is 4.95. The van der Waals surface area contributed by atoms with E-state index in [0.717, 1.165) is 36.8 Å². The normalized spacial score (nSPS) is 12.2. The molecule has 0 aliphatic rings. The molecular weight excluding hydrogens is 296 g/mol. The molecule has 0 spiro atoms. The van der Waals surface area contributed by atoms with Crippen LogP contribution in [0.4, 0.5) is 0 Å². The van der Waals surface area contributed by atoms with Crippen LogP contribution in [0.25, 0.3) is 10.8 Å². The van der Waals surface area contributed by atoms with Crippen LogP contribution in [0.5, 0.6) is 5.75 Å². The Kier molecular flexibility index (Phi) is 6.59. The maximum atomic E-state index is 10.6. The summed E-state index contributed by atoms with van der Waals surface area (Å²) in [5, 5.41) is 10.5. The molecule has 0 fully saturated rings. The van der Waals surface area contributed by atoms with E-state index in [1.165, 1.54) is 5.39 Å². The Bertz CT molecular complexity index is 607. The number of hydrogen-bond donors (Lipinski definition) is 2. The van der Waals surface area contributed by atoms with Gasteiger partial charge < -0.3 is 9.84 Å². The zero-order valence-electron chi connectivity index (χ0n) is 12.6. The largest absolute Gasteiger partial charge is 0.493 e. The van der Waals surface area contributed by atoms with Gasteiger partial charge in [0, 0.05) is 5.39 Å². The lowest BCUT2D eigenvalue weighted by Crippen LogP contribution is -2.12. The van der Waals surface area contributed by atoms with Gasteiger partial charge in [-0.2, -0.15) is 12.6 Å². The number of carbonyl (C=O) groups is 1. The van der Waals surface area contributed by atoms with Crippen molar-refractivity contribution in [2.24, 2.45) is 0 Å². The molecule has 22 heavy (non-hydrogen) atoms. The van der Waals surface area contributed by atoms with Crippen LogP contribution >= 0.6 is 12.6 Å². The summed E-state index contributed by atoms with van der Waals surface area (Å²) in [5.74, 6) is 0.0991. The highest BCUT2D eigenvalue weighted by Crippen LogP contribution is 2.25. The molecule has 1 N–H and O–H groups in total. The zero-order chi connectivity index (χ0) is 15.8. The molecule has 118 valence electrons. The number of unbranched alkanes of at least 4 members (excludes halogenated alkanes) is 3. The van der Waals surface area contributed by atoms with Crippen molar-refractivity contribution < 1.29 is 14.6 Å². The molecule has 4 heteroatoms. The van der Waals surface area contributed by atoms with E-state index >= 15 is 0 Å². The zero-order valence-corrected chi connectivity index (χ0v) is 13.5. The molecular formula is C18H22O3S. The van der Waals surface area contributed by atoms with Crippen molar-refractivity contribution in [3.8, 4) is 5.75 Å². The summed E-state index contributed by atoms with van der Waals surface area (Å²) in [4.78, 5) is 10.6. The molecule has 1 atom stereocenters. The molecule has 0 amide bonds. The van der Waals surface area contributed by atoms with Crippen LogP contribution < -0.4 is 4.74 Å². The SMILES string of the molecule is O=C(O)C(S)CCCCCCOc1cccc2ccccc12. The fourth-order valence-corrected chi connectivity index (χ4v) is 2.60. The van der Waals surface area contributed by atoms with Gasteiger partial charge in [0.05, 0.1) is 11.9 Å². The quantitative estimate of drug-likeness (QED) is 0.526. The molecule has 0 aromatic heterocycles. The minimum Gasteiger partial charge on any atom is -0.493 e. The van der Waals surface area contributed by atoms with Gasteiger partial charge in [-0.25, -0.2) is 0 Å². The van der Waals surface area contributed by atoms with E-state index in [2.05, 4.69) is 30.8 Å². The Morgan fingerprint density at radius 2 is 1.77 bits per heavy atom. The van der Waals surface area contributed by atoms with Crippen molar-refractivity contribution in [3.05, 3.63) is 42.5 Å². The number of fused-ring (bicyclic) bond motifs is 1. The minimum atomic E-state index is -0.831. The van der Waals surface area contributed by atoms with Gasteiger partial charge in [-0.1, -0.05) is 55.7 Å². The highest BCUT2D eigenvalue weighted by atomic mass is 32.1. The van der Waals surface area contributed by atoms with Crippen LogP contribution in [-0.2, 0) is 4.79 Å². The third-order valence-corrected chi connectivity index (χ3v) is 4.14. The van der Waals surface area contributed by atoms with Gasteiger partial charge in [-0.15, -0.1) is 0 Å². The van der Waals surface area contributed by atoms with Crippen LogP contribution in [0.15, 0.2) is 42.5 Å². The van der Waals surface area contributed by atoms with E-state index in [1.807, 2.05) is 24.3 Å². The van der Waals surface area contributed by atoms with Crippen LogP contribution in [0, 0.1) is 0 Å². The lowest BCUT2D eigenvalue weighted by molar-refractivity contribution is -0.136. The van der Waals surface area contributed by atoms with E-state index < -0.39 is 11.2 Å². The standard InChI is InChI=1S/C18H22O3S/c19-18(20)17(22)12-3-1-2-6-13-21-16-11-7-9-14-8-4-5-10-15(14)16/h4-5,7-11,17,22H,1-3,6,12-13H2,(H,19,20). The Morgan fingerprint density at radius 3 is 2.59 bits per heavy atom. The molecule has 3 nitrogen and oxygen atoms in total. The Balaban J connectivity index is 1.67. The number of ether oxygens (including phenoxy) is 1. The molecule has 2 aromatic carbocycles. The lowest BCUT2D eigenvalue weighted by atomic mass is 10.1. The molecule has 0 bridgehead atoms.